The Hall–Kier alpha value is -3.05. The average molecular weight is 415 g/mol. The number of hydrogen-bond acceptors (Lipinski definition) is 4. The monoisotopic (exact) mass is 414 g/mol. The highest BCUT2D eigenvalue weighted by molar-refractivity contribution is 5.84. The summed E-state index contributed by atoms with van der Waals surface area (Å²) in [5.74, 6) is 0.156. The van der Waals surface area contributed by atoms with E-state index in [1.54, 1.807) is 12.4 Å². The van der Waals surface area contributed by atoms with E-state index in [0.717, 1.165) is 43.6 Å². The van der Waals surface area contributed by atoms with Gasteiger partial charge in [0.25, 0.3) is 0 Å². The molecule has 0 radical (unpaired) electrons. The van der Waals surface area contributed by atoms with Crippen molar-refractivity contribution < 1.29 is 4.79 Å². The normalized spacial score (nSPS) is 18.9. The van der Waals surface area contributed by atoms with Gasteiger partial charge in [0, 0.05) is 43.9 Å². The van der Waals surface area contributed by atoms with Gasteiger partial charge in [-0.25, -0.2) is 0 Å². The van der Waals surface area contributed by atoms with Gasteiger partial charge in [-0.2, -0.15) is 0 Å². The first-order valence-electron chi connectivity index (χ1n) is 11.0. The van der Waals surface area contributed by atoms with E-state index < -0.39 is 5.41 Å². The molecule has 5 heteroatoms. The van der Waals surface area contributed by atoms with Gasteiger partial charge in [-0.1, -0.05) is 36.4 Å². The average Bonchev–Trinajstić information content (AvgIpc) is 3.18. The van der Waals surface area contributed by atoms with Crippen LogP contribution >= 0.6 is 0 Å². The molecular formula is C26H30N4O. The van der Waals surface area contributed by atoms with Gasteiger partial charge >= 0.3 is 0 Å². The molecule has 0 unspecified atom stereocenters. The number of pyridine rings is 2. The molecule has 1 amide bonds. The van der Waals surface area contributed by atoms with Crippen LogP contribution < -0.4 is 5.32 Å². The van der Waals surface area contributed by atoms with E-state index in [9.17, 15) is 4.79 Å². The Kier molecular flexibility index (Phi) is 6.42. The number of carbonyl (C=O) groups is 1. The van der Waals surface area contributed by atoms with Crippen molar-refractivity contribution in [3.8, 4) is 11.1 Å². The maximum Gasteiger partial charge on any atom is 0.228 e. The Morgan fingerprint density at radius 3 is 2.48 bits per heavy atom. The lowest BCUT2D eigenvalue weighted by atomic mass is 9.79. The molecule has 3 aromatic rings. The first kappa shape index (κ1) is 21.2. The third-order valence-electron chi connectivity index (χ3n) is 5.93. The molecule has 2 aromatic heterocycles. The molecule has 4 rings (SSSR count). The van der Waals surface area contributed by atoms with Crippen LogP contribution in [0.4, 0.5) is 0 Å². The van der Waals surface area contributed by atoms with Crippen LogP contribution in [-0.4, -0.2) is 39.9 Å². The lowest BCUT2D eigenvalue weighted by Crippen LogP contribution is -2.46. The minimum Gasteiger partial charge on any atom is -0.353 e. The molecule has 1 aromatic carbocycles. The number of nitrogens with one attached hydrogen (secondary N) is 1. The summed E-state index contributed by atoms with van der Waals surface area (Å²) in [6.07, 6.45) is 8.94. The van der Waals surface area contributed by atoms with E-state index in [0.29, 0.717) is 0 Å². The molecule has 0 bridgehead atoms. The second-order valence-electron chi connectivity index (χ2n) is 8.85. The van der Waals surface area contributed by atoms with Crippen LogP contribution in [0.5, 0.6) is 0 Å². The Labute approximate surface area is 184 Å². The smallest absolute Gasteiger partial charge is 0.228 e. The highest BCUT2D eigenvalue weighted by Gasteiger charge is 2.44. The Balaban J connectivity index is 1.57. The van der Waals surface area contributed by atoms with Crippen molar-refractivity contribution >= 4 is 5.91 Å². The third-order valence-corrected chi connectivity index (χ3v) is 5.93. The first-order valence-corrected chi connectivity index (χ1v) is 11.0. The first-order chi connectivity index (χ1) is 15.0. The SMILES string of the molecule is CC(C)NC(=O)[C@@]1(Cc2cccc(-c3cccnc3)c2)CCN(Cc2cccnc2)C1. The standard InChI is InChI=1S/C26H30N4O/c1-20(2)29-25(31)26(10-13-30(19-26)18-22-7-4-11-27-16-22)15-21-6-3-8-23(14-21)24-9-5-12-28-17-24/h3-9,11-12,14,16-17,20H,10,13,15,18-19H2,1-2H3,(H,29,31)/t26-/m1/s1. The minimum atomic E-state index is -0.431. The van der Waals surface area contributed by atoms with Crippen LogP contribution in [0, 0.1) is 5.41 Å². The van der Waals surface area contributed by atoms with Crippen molar-refractivity contribution in [1.82, 2.24) is 20.2 Å². The predicted molar refractivity (Wildman–Crippen MR) is 123 cm³/mol. The minimum absolute atomic E-state index is 0.124. The van der Waals surface area contributed by atoms with Crippen molar-refractivity contribution in [1.29, 1.82) is 0 Å². The van der Waals surface area contributed by atoms with E-state index in [2.05, 4.69) is 56.6 Å². The number of hydrogen-bond donors (Lipinski definition) is 1. The van der Waals surface area contributed by atoms with Crippen molar-refractivity contribution in [2.24, 2.45) is 5.41 Å². The van der Waals surface area contributed by atoms with Gasteiger partial charge in [-0.15, -0.1) is 0 Å². The molecule has 1 atom stereocenters. The van der Waals surface area contributed by atoms with Gasteiger partial charge in [0.05, 0.1) is 5.41 Å². The Morgan fingerprint density at radius 1 is 1.03 bits per heavy atom. The number of nitrogens with zero attached hydrogens (tertiary/aromatic N) is 3. The molecule has 1 N–H and O–H groups in total. The Morgan fingerprint density at radius 2 is 1.77 bits per heavy atom. The molecule has 0 saturated carbocycles. The van der Waals surface area contributed by atoms with Crippen LogP contribution in [0.2, 0.25) is 0 Å². The number of amides is 1. The summed E-state index contributed by atoms with van der Waals surface area (Å²) in [5.41, 5.74) is 4.16. The van der Waals surface area contributed by atoms with Crippen molar-refractivity contribution in [3.63, 3.8) is 0 Å². The molecule has 1 aliphatic rings. The van der Waals surface area contributed by atoms with Crippen molar-refractivity contribution in [2.45, 2.75) is 39.3 Å². The van der Waals surface area contributed by atoms with Gasteiger partial charge in [0.2, 0.25) is 5.91 Å². The summed E-state index contributed by atoms with van der Waals surface area (Å²) in [6.45, 7) is 6.52. The highest BCUT2D eigenvalue weighted by atomic mass is 16.2. The van der Waals surface area contributed by atoms with Crippen LogP contribution in [-0.2, 0) is 17.8 Å². The van der Waals surface area contributed by atoms with Crippen LogP contribution in [0.1, 0.15) is 31.4 Å². The zero-order chi connectivity index (χ0) is 21.7. The molecular weight excluding hydrogens is 384 g/mol. The molecule has 1 aliphatic heterocycles. The van der Waals surface area contributed by atoms with Gasteiger partial charge < -0.3 is 5.32 Å². The van der Waals surface area contributed by atoms with Crippen LogP contribution in [0.15, 0.2) is 73.3 Å². The van der Waals surface area contributed by atoms with Gasteiger partial charge in [-0.3, -0.25) is 19.7 Å². The van der Waals surface area contributed by atoms with Crippen LogP contribution in [0.3, 0.4) is 0 Å². The largest absolute Gasteiger partial charge is 0.353 e. The van der Waals surface area contributed by atoms with E-state index in [-0.39, 0.29) is 11.9 Å². The van der Waals surface area contributed by atoms with Crippen molar-refractivity contribution in [2.75, 3.05) is 13.1 Å². The van der Waals surface area contributed by atoms with Crippen molar-refractivity contribution in [3.05, 3.63) is 84.4 Å². The zero-order valence-corrected chi connectivity index (χ0v) is 18.3. The Bertz CT molecular complexity index is 1010. The summed E-state index contributed by atoms with van der Waals surface area (Å²) in [6, 6.07) is 16.7. The lowest BCUT2D eigenvalue weighted by molar-refractivity contribution is -0.131. The zero-order valence-electron chi connectivity index (χ0n) is 18.3. The highest BCUT2D eigenvalue weighted by Crippen LogP contribution is 2.36. The van der Waals surface area contributed by atoms with Gasteiger partial charge in [0.15, 0.2) is 0 Å². The second-order valence-corrected chi connectivity index (χ2v) is 8.85. The summed E-state index contributed by atoms with van der Waals surface area (Å²) < 4.78 is 0. The molecule has 0 aliphatic carbocycles. The third kappa shape index (κ3) is 5.17. The van der Waals surface area contributed by atoms with E-state index >= 15 is 0 Å². The molecule has 1 saturated heterocycles. The van der Waals surface area contributed by atoms with E-state index in [4.69, 9.17) is 0 Å². The van der Waals surface area contributed by atoms with Gasteiger partial charge in [0.1, 0.15) is 0 Å². The topological polar surface area (TPSA) is 58.1 Å². The lowest BCUT2D eigenvalue weighted by Gasteiger charge is -2.30. The molecule has 1 fully saturated rings. The molecule has 0 spiro atoms. The summed E-state index contributed by atoms with van der Waals surface area (Å²) >= 11 is 0. The van der Waals surface area contributed by atoms with Crippen LogP contribution in [0.25, 0.3) is 11.1 Å². The van der Waals surface area contributed by atoms with Gasteiger partial charge in [-0.05, 0) is 67.6 Å². The molecule has 3 heterocycles. The number of aromatic nitrogens is 2. The number of benzene rings is 1. The van der Waals surface area contributed by atoms with E-state index in [1.807, 2.05) is 38.4 Å². The summed E-state index contributed by atoms with van der Waals surface area (Å²) in [7, 11) is 0. The fourth-order valence-electron chi connectivity index (χ4n) is 4.45. The fraction of sp³-hybridized carbons (Fsp3) is 0.346. The number of rotatable bonds is 7. The molecule has 31 heavy (non-hydrogen) atoms. The number of carbonyl (C=O) groups excluding carboxylic acids is 1. The quantitative estimate of drug-likeness (QED) is 0.632. The molecule has 160 valence electrons. The molecule has 5 nitrogen and oxygen atoms in total. The summed E-state index contributed by atoms with van der Waals surface area (Å²) in [5, 5.41) is 3.19. The van der Waals surface area contributed by atoms with E-state index in [1.165, 1.54) is 11.1 Å². The maximum atomic E-state index is 13.4. The number of likely N-dealkylation sites (tertiary alicyclic amines) is 1. The fourth-order valence-corrected chi connectivity index (χ4v) is 4.45. The predicted octanol–water partition coefficient (Wildman–Crippen LogP) is 4.10. The summed E-state index contributed by atoms with van der Waals surface area (Å²) in [4.78, 5) is 24.2. The second kappa shape index (κ2) is 9.40. The maximum absolute atomic E-state index is 13.4.